The Morgan fingerprint density at radius 1 is 1.10 bits per heavy atom. The standard InChI is InChI=1S/C23H29N3O4S/c1-4-25(5-2)31(29,30)19-10-11-21-18(16-19)13-15-26(21)22(27)12-14-24-23(28)20-9-7-6-8-17(20)3/h6-11,16H,4-5,12-15H2,1-3H3,(H,24,28). The molecule has 0 atom stereocenters. The Morgan fingerprint density at radius 3 is 2.48 bits per heavy atom. The van der Waals surface area contributed by atoms with Gasteiger partial charge in [-0.15, -0.1) is 0 Å². The van der Waals surface area contributed by atoms with Gasteiger partial charge in [0.15, 0.2) is 0 Å². The van der Waals surface area contributed by atoms with Crippen molar-refractivity contribution in [2.75, 3.05) is 31.1 Å². The average Bonchev–Trinajstić information content (AvgIpc) is 3.18. The van der Waals surface area contributed by atoms with Crippen LogP contribution in [0.2, 0.25) is 0 Å². The van der Waals surface area contributed by atoms with Gasteiger partial charge in [-0.1, -0.05) is 32.0 Å². The molecule has 0 bridgehead atoms. The number of carbonyl (C=O) groups is 2. The Bertz CT molecular complexity index is 1080. The van der Waals surface area contributed by atoms with Crippen LogP contribution in [0.25, 0.3) is 0 Å². The first kappa shape index (κ1) is 23.0. The van der Waals surface area contributed by atoms with E-state index >= 15 is 0 Å². The summed E-state index contributed by atoms with van der Waals surface area (Å²) in [6.07, 6.45) is 0.787. The largest absolute Gasteiger partial charge is 0.352 e. The van der Waals surface area contributed by atoms with Crippen LogP contribution in [-0.2, 0) is 21.2 Å². The Morgan fingerprint density at radius 2 is 1.81 bits per heavy atom. The first-order chi connectivity index (χ1) is 14.8. The summed E-state index contributed by atoms with van der Waals surface area (Å²) in [6, 6.07) is 12.3. The number of nitrogens with zero attached hydrogens (tertiary/aromatic N) is 2. The first-order valence-electron chi connectivity index (χ1n) is 10.6. The highest BCUT2D eigenvalue weighted by atomic mass is 32.2. The second kappa shape index (κ2) is 9.62. The smallest absolute Gasteiger partial charge is 0.251 e. The SMILES string of the molecule is CCN(CC)S(=O)(=O)c1ccc2c(c1)CCN2C(=O)CCNC(=O)c1ccccc1C. The molecule has 1 heterocycles. The molecule has 2 amide bonds. The number of carbonyl (C=O) groups excluding carboxylic acids is 2. The molecule has 31 heavy (non-hydrogen) atoms. The van der Waals surface area contributed by atoms with Crippen LogP contribution in [0.5, 0.6) is 0 Å². The maximum absolute atomic E-state index is 12.8. The molecule has 0 unspecified atom stereocenters. The molecule has 166 valence electrons. The summed E-state index contributed by atoms with van der Waals surface area (Å²) >= 11 is 0. The van der Waals surface area contributed by atoms with Crippen molar-refractivity contribution >= 4 is 27.5 Å². The summed E-state index contributed by atoms with van der Waals surface area (Å²) in [4.78, 5) is 27.0. The van der Waals surface area contributed by atoms with Gasteiger partial charge in [0.1, 0.15) is 0 Å². The summed E-state index contributed by atoms with van der Waals surface area (Å²) in [6.45, 7) is 7.07. The molecule has 0 aromatic heterocycles. The Kier molecular flexibility index (Phi) is 7.12. The molecule has 2 aromatic rings. The van der Waals surface area contributed by atoms with Gasteiger partial charge in [0.25, 0.3) is 5.91 Å². The van der Waals surface area contributed by atoms with Crippen molar-refractivity contribution in [3.05, 3.63) is 59.2 Å². The fraction of sp³-hybridized carbons (Fsp3) is 0.391. The van der Waals surface area contributed by atoms with Crippen LogP contribution in [0.1, 0.15) is 41.8 Å². The van der Waals surface area contributed by atoms with E-state index in [1.807, 2.05) is 39.0 Å². The van der Waals surface area contributed by atoms with Crippen LogP contribution < -0.4 is 10.2 Å². The Hall–Kier alpha value is -2.71. The Balaban J connectivity index is 1.64. The molecule has 7 nitrogen and oxygen atoms in total. The van der Waals surface area contributed by atoms with Gasteiger partial charge in [-0.3, -0.25) is 9.59 Å². The number of nitrogens with one attached hydrogen (secondary N) is 1. The van der Waals surface area contributed by atoms with E-state index in [9.17, 15) is 18.0 Å². The molecule has 1 N–H and O–H groups in total. The number of aryl methyl sites for hydroxylation is 1. The summed E-state index contributed by atoms with van der Waals surface area (Å²) in [5, 5.41) is 2.80. The summed E-state index contributed by atoms with van der Waals surface area (Å²) in [5.41, 5.74) is 3.08. The van der Waals surface area contributed by atoms with Gasteiger partial charge in [0, 0.05) is 43.9 Å². The second-order valence-corrected chi connectivity index (χ2v) is 9.43. The zero-order valence-corrected chi connectivity index (χ0v) is 19.0. The van der Waals surface area contributed by atoms with E-state index in [1.165, 1.54) is 4.31 Å². The molecule has 2 aromatic carbocycles. The number of amides is 2. The van der Waals surface area contributed by atoms with Crippen molar-refractivity contribution in [3.8, 4) is 0 Å². The van der Waals surface area contributed by atoms with Gasteiger partial charge in [-0.2, -0.15) is 4.31 Å². The number of sulfonamides is 1. The second-order valence-electron chi connectivity index (χ2n) is 7.50. The van der Waals surface area contributed by atoms with Crippen molar-refractivity contribution in [1.29, 1.82) is 0 Å². The fourth-order valence-electron chi connectivity index (χ4n) is 3.85. The predicted molar refractivity (Wildman–Crippen MR) is 121 cm³/mol. The summed E-state index contributed by atoms with van der Waals surface area (Å²) < 4.78 is 26.9. The van der Waals surface area contributed by atoms with Crippen LogP contribution in [-0.4, -0.2) is 50.7 Å². The lowest BCUT2D eigenvalue weighted by Gasteiger charge is -2.20. The van der Waals surface area contributed by atoms with Crippen LogP contribution in [0.15, 0.2) is 47.4 Å². The van der Waals surface area contributed by atoms with Gasteiger partial charge < -0.3 is 10.2 Å². The minimum Gasteiger partial charge on any atom is -0.352 e. The minimum absolute atomic E-state index is 0.0943. The molecule has 1 aliphatic rings. The number of fused-ring (bicyclic) bond motifs is 1. The normalized spacial score (nSPS) is 13.4. The summed E-state index contributed by atoms with van der Waals surface area (Å²) in [5.74, 6) is -0.290. The minimum atomic E-state index is -3.53. The van der Waals surface area contributed by atoms with E-state index in [-0.39, 0.29) is 29.7 Å². The predicted octanol–water partition coefficient (Wildman–Crippen LogP) is 2.73. The number of anilines is 1. The van der Waals surface area contributed by atoms with E-state index < -0.39 is 10.0 Å². The van der Waals surface area contributed by atoms with Crippen molar-refractivity contribution in [1.82, 2.24) is 9.62 Å². The van der Waals surface area contributed by atoms with Crippen molar-refractivity contribution < 1.29 is 18.0 Å². The molecular weight excluding hydrogens is 414 g/mol. The first-order valence-corrected chi connectivity index (χ1v) is 12.0. The molecule has 0 saturated heterocycles. The maximum Gasteiger partial charge on any atom is 0.251 e. The number of hydrogen-bond donors (Lipinski definition) is 1. The van der Waals surface area contributed by atoms with Crippen LogP contribution in [0.3, 0.4) is 0 Å². The van der Waals surface area contributed by atoms with Gasteiger partial charge >= 0.3 is 0 Å². The highest BCUT2D eigenvalue weighted by Gasteiger charge is 2.28. The number of benzene rings is 2. The number of rotatable bonds is 8. The molecule has 1 aliphatic heterocycles. The quantitative estimate of drug-likeness (QED) is 0.680. The fourth-order valence-corrected chi connectivity index (χ4v) is 5.36. The molecule has 0 saturated carbocycles. The van der Waals surface area contributed by atoms with Crippen molar-refractivity contribution in [3.63, 3.8) is 0 Å². The lowest BCUT2D eigenvalue weighted by atomic mass is 10.1. The lowest BCUT2D eigenvalue weighted by molar-refractivity contribution is -0.118. The van der Waals surface area contributed by atoms with Crippen LogP contribution >= 0.6 is 0 Å². The monoisotopic (exact) mass is 443 g/mol. The molecule has 0 radical (unpaired) electrons. The molecule has 3 rings (SSSR count). The van der Waals surface area contributed by atoms with E-state index in [2.05, 4.69) is 5.32 Å². The van der Waals surface area contributed by atoms with Crippen molar-refractivity contribution in [2.24, 2.45) is 0 Å². The molecular formula is C23H29N3O4S. The van der Waals surface area contributed by atoms with E-state index in [0.717, 1.165) is 16.8 Å². The summed E-state index contributed by atoms with van der Waals surface area (Å²) in [7, 11) is -3.53. The third-order valence-corrected chi connectivity index (χ3v) is 7.65. The highest BCUT2D eigenvalue weighted by Crippen LogP contribution is 2.31. The van der Waals surface area contributed by atoms with E-state index in [1.54, 1.807) is 29.2 Å². The molecule has 0 fully saturated rings. The molecule has 0 spiro atoms. The molecule has 8 heteroatoms. The zero-order valence-electron chi connectivity index (χ0n) is 18.2. The lowest BCUT2D eigenvalue weighted by Crippen LogP contribution is -2.33. The van der Waals surface area contributed by atoms with Crippen LogP contribution in [0.4, 0.5) is 5.69 Å². The number of hydrogen-bond acceptors (Lipinski definition) is 4. The van der Waals surface area contributed by atoms with Gasteiger partial charge in [-0.25, -0.2) is 8.42 Å². The topological polar surface area (TPSA) is 86.8 Å². The Labute approximate surface area is 184 Å². The molecule has 0 aliphatic carbocycles. The highest BCUT2D eigenvalue weighted by molar-refractivity contribution is 7.89. The zero-order chi connectivity index (χ0) is 22.6. The van der Waals surface area contributed by atoms with Gasteiger partial charge in [-0.05, 0) is 48.7 Å². The third-order valence-electron chi connectivity index (χ3n) is 5.60. The van der Waals surface area contributed by atoms with Gasteiger partial charge in [0.2, 0.25) is 15.9 Å². The van der Waals surface area contributed by atoms with Crippen LogP contribution in [0, 0.1) is 6.92 Å². The van der Waals surface area contributed by atoms with E-state index in [0.29, 0.717) is 31.6 Å². The average molecular weight is 444 g/mol. The maximum atomic E-state index is 12.8. The van der Waals surface area contributed by atoms with Crippen molar-refractivity contribution in [2.45, 2.75) is 38.5 Å². The third kappa shape index (κ3) is 4.80. The van der Waals surface area contributed by atoms with Gasteiger partial charge in [0.05, 0.1) is 4.90 Å². The van der Waals surface area contributed by atoms with E-state index in [4.69, 9.17) is 0 Å².